The Hall–Kier alpha value is -4.21. The number of carbonyl (C=O) groups is 3. The second-order valence-corrected chi connectivity index (χ2v) is 11.3. The van der Waals surface area contributed by atoms with Crippen molar-refractivity contribution in [3.8, 4) is 0 Å². The Kier molecular flexibility index (Phi) is 8.84. The molecule has 226 valence electrons. The van der Waals surface area contributed by atoms with Crippen LogP contribution >= 0.6 is 0 Å². The maximum absolute atomic E-state index is 14.9. The standard InChI is InChI=1S/C33H33F4N3O3/c1-20-6-4-10-28(34)29(20)32(43)40-17-5-9-26(30(40)21-11-14-24(15-12-21)38-23-7-2-3-8-23)31(42)39-25-16-13-22(19-41)27(18-25)33(35,36)37/h4,6,10-16,18-19,23,26,30,38H,2-3,5,7-9,17H2,1H3,(H,39,42)/t26-,30-/m0/s1. The van der Waals surface area contributed by atoms with E-state index in [0.717, 1.165) is 30.7 Å². The van der Waals surface area contributed by atoms with Gasteiger partial charge in [0.25, 0.3) is 5.91 Å². The molecule has 6 nitrogen and oxygen atoms in total. The van der Waals surface area contributed by atoms with Crippen LogP contribution in [-0.2, 0) is 11.0 Å². The number of nitrogens with one attached hydrogen (secondary N) is 2. The number of rotatable bonds is 7. The number of likely N-dealkylation sites (tertiary alicyclic amines) is 1. The summed E-state index contributed by atoms with van der Waals surface area (Å²) in [4.78, 5) is 40.3. The summed E-state index contributed by atoms with van der Waals surface area (Å²) in [6.07, 6.45) is 0.628. The summed E-state index contributed by atoms with van der Waals surface area (Å²) in [6, 6.07) is 14.4. The number of piperidine rings is 1. The molecule has 0 spiro atoms. The van der Waals surface area contributed by atoms with E-state index in [-0.39, 0.29) is 24.1 Å². The zero-order valence-electron chi connectivity index (χ0n) is 23.7. The molecule has 10 heteroatoms. The zero-order chi connectivity index (χ0) is 30.7. The van der Waals surface area contributed by atoms with Gasteiger partial charge in [-0.15, -0.1) is 0 Å². The lowest BCUT2D eigenvalue weighted by Gasteiger charge is -2.41. The Balaban J connectivity index is 1.48. The van der Waals surface area contributed by atoms with Crippen molar-refractivity contribution < 1.29 is 31.9 Å². The monoisotopic (exact) mass is 595 g/mol. The lowest BCUT2D eigenvalue weighted by Crippen LogP contribution is -2.46. The topological polar surface area (TPSA) is 78.5 Å². The highest BCUT2D eigenvalue weighted by molar-refractivity contribution is 5.98. The summed E-state index contributed by atoms with van der Waals surface area (Å²) in [7, 11) is 0. The van der Waals surface area contributed by atoms with Crippen LogP contribution in [0.4, 0.5) is 28.9 Å². The first-order valence-electron chi connectivity index (χ1n) is 14.5. The average Bonchev–Trinajstić information content (AvgIpc) is 3.49. The minimum atomic E-state index is -4.79. The molecule has 2 amide bonds. The summed E-state index contributed by atoms with van der Waals surface area (Å²) in [5, 5.41) is 6.09. The molecule has 2 atom stereocenters. The maximum Gasteiger partial charge on any atom is 0.417 e. The molecule has 2 fully saturated rings. The highest BCUT2D eigenvalue weighted by atomic mass is 19.4. The van der Waals surface area contributed by atoms with E-state index in [4.69, 9.17) is 0 Å². The molecule has 2 N–H and O–H groups in total. The number of hydrogen-bond acceptors (Lipinski definition) is 4. The van der Waals surface area contributed by atoms with E-state index in [1.165, 1.54) is 35.9 Å². The van der Waals surface area contributed by atoms with Crippen LogP contribution in [0.3, 0.4) is 0 Å². The van der Waals surface area contributed by atoms with Crippen LogP contribution in [0.5, 0.6) is 0 Å². The van der Waals surface area contributed by atoms with E-state index < -0.39 is 46.9 Å². The highest BCUT2D eigenvalue weighted by Gasteiger charge is 2.41. The molecule has 5 rings (SSSR count). The third kappa shape index (κ3) is 6.58. The van der Waals surface area contributed by atoms with Crippen molar-refractivity contribution in [1.82, 2.24) is 4.90 Å². The number of anilines is 2. The number of aryl methyl sites for hydroxylation is 1. The SMILES string of the molecule is Cc1cccc(F)c1C(=O)N1CCC[C@H](C(=O)Nc2ccc(C=O)c(C(F)(F)F)c2)[C@@H]1c1ccc(NC2CCCC2)cc1. The fourth-order valence-electron chi connectivity index (χ4n) is 6.26. The Morgan fingerprint density at radius 1 is 0.930 bits per heavy atom. The number of nitrogens with zero attached hydrogens (tertiary/aromatic N) is 1. The predicted molar refractivity (Wildman–Crippen MR) is 155 cm³/mol. The summed E-state index contributed by atoms with van der Waals surface area (Å²) in [5.74, 6) is -2.63. The predicted octanol–water partition coefficient (Wildman–Crippen LogP) is 7.55. The molecule has 0 radical (unpaired) electrons. The molecule has 43 heavy (non-hydrogen) atoms. The van der Waals surface area contributed by atoms with Gasteiger partial charge in [-0.2, -0.15) is 13.2 Å². The number of alkyl halides is 3. The van der Waals surface area contributed by atoms with Crippen LogP contribution in [-0.4, -0.2) is 35.6 Å². The van der Waals surface area contributed by atoms with Gasteiger partial charge in [0.15, 0.2) is 6.29 Å². The van der Waals surface area contributed by atoms with E-state index in [2.05, 4.69) is 10.6 Å². The Bertz CT molecular complexity index is 1480. The second kappa shape index (κ2) is 12.6. The number of hydrogen-bond donors (Lipinski definition) is 2. The molecule has 1 aliphatic carbocycles. The van der Waals surface area contributed by atoms with Crippen molar-refractivity contribution in [2.75, 3.05) is 17.2 Å². The van der Waals surface area contributed by atoms with Crippen LogP contribution in [0.25, 0.3) is 0 Å². The summed E-state index contributed by atoms with van der Waals surface area (Å²) in [6.45, 7) is 1.92. The van der Waals surface area contributed by atoms with Gasteiger partial charge in [0.1, 0.15) is 5.82 Å². The van der Waals surface area contributed by atoms with Gasteiger partial charge in [-0.1, -0.05) is 37.1 Å². The quantitative estimate of drug-likeness (QED) is 0.218. The van der Waals surface area contributed by atoms with Gasteiger partial charge >= 0.3 is 6.18 Å². The first kappa shape index (κ1) is 30.3. The molecular weight excluding hydrogens is 562 g/mol. The number of halogens is 4. The van der Waals surface area contributed by atoms with E-state index in [1.807, 2.05) is 24.3 Å². The molecule has 0 bridgehead atoms. The highest BCUT2D eigenvalue weighted by Crippen LogP contribution is 2.40. The maximum atomic E-state index is 14.9. The molecular formula is C33H33F4N3O3. The van der Waals surface area contributed by atoms with Gasteiger partial charge in [-0.05, 0) is 80.1 Å². The Morgan fingerprint density at radius 2 is 1.63 bits per heavy atom. The molecule has 1 saturated heterocycles. The minimum absolute atomic E-state index is 0.0765. The third-order valence-electron chi connectivity index (χ3n) is 8.40. The van der Waals surface area contributed by atoms with Crippen molar-refractivity contribution >= 4 is 29.5 Å². The van der Waals surface area contributed by atoms with E-state index in [1.54, 1.807) is 13.0 Å². The van der Waals surface area contributed by atoms with Gasteiger partial charge in [0.2, 0.25) is 5.91 Å². The molecule has 2 aliphatic rings. The zero-order valence-corrected chi connectivity index (χ0v) is 23.7. The van der Waals surface area contributed by atoms with Gasteiger partial charge in [0.05, 0.1) is 23.1 Å². The largest absolute Gasteiger partial charge is 0.417 e. The molecule has 0 aromatic heterocycles. The van der Waals surface area contributed by atoms with Gasteiger partial charge in [-0.3, -0.25) is 14.4 Å². The van der Waals surface area contributed by atoms with Crippen LogP contribution in [0.1, 0.15) is 82.0 Å². The van der Waals surface area contributed by atoms with Crippen molar-refractivity contribution in [1.29, 1.82) is 0 Å². The Morgan fingerprint density at radius 3 is 2.28 bits per heavy atom. The van der Waals surface area contributed by atoms with Crippen molar-refractivity contribution in [3.63, 3.8) is 0 Å². The average molecular weight is 596 g/mol. The summed E-state index contributed by atoms with van der Waals surface area (Å²) < 4.78 is 55.6. The first-order valence-corrected chi connectivity index (χ1v) is 14.5. The van der Waals surface area contributed by atoms with Gasteiger partial charge in [-0.25, -0.2) is 4.39 Å². The summed E-state index contributed by atoms with van der Waals surface area (Å²) >= 11 is 0. The Labute approximate surface area is 247 Å². The molecule has 1 aliphatic heterocycles. The fraction of sp³-hybridized carbons (Fsp3) is 0.364. The lowest BCUT2D eigenvalue weighted by molar-refractivity contribution is -0.137. The number of amides is 2. The van der Waals surface area contributed by atoms with Crippen LogP contribution < -0.4 is 10.6 Å². The van der Waals surface area contributed by atoms with Crippen LogP contribution in [0, 0.1) is 18.7 Å². The van der Waals surface area contributed by atoms with E-state index in [0.29, 0.717) is 30.0 Å². The normalized spacial score (nSPS) is 19.2. The lowest BCUT2D eigenvalue weighted by atomic mass is 9.83. The number of aldehydes is 1. The van der Waals surface area contributed by atoms with Crippen molar-refractivity contribution in [2.24, 2.45) is 5.92 Å². The van der Waals surface area contributed by atoms with Crippen LogP contribution in [0.15, 0.2) is 60.7 Å². The molecule has 0 unspecified atom stereocenters. The second-order valence-electron chi connectivity index (χ2n) is 11.3. The first-order chi connectivity index (χ1) is 20.6. The van der Waals surface area contributed by atoms with E-state index in [9.17, 15) is 31.9 Å². The molecule has 3 aromatic rings. The summed E-state index contributed by atoms with van der Waals surface area (Å²) in [5.41, 5.74) is 0.138. The molecule has 1 heterocycles. The fourth-order valence-corrected chi connectivity index (χ4v) is 6.26. The number of carbonyl (C=O) groups excluding carboxylic acids is 3. The van der Waals surface area contributed by atoms with E-state index >= 15 is 0 Å². The third-order valence-corrected chi connectivity index (χ3v) is 8.40. The minimum Gasteiger partial charge on any atom is -0.382 e. The van der Waals surface area contributed by atoms with Crippen molar-refractivity contribution in [3.05, 3.63) is 94.3 Å². The van der Waals surface area contributed by atoms with Crippen LogP contribution in [0.2, 0.25) is 0 Å². The smallest absolute Gasteiger partial charge is 0.382 e. The molecule has 3 aromatic carbocycles. The van der Waals surface area contributed by atoms with Gasteiger partial charge < -0.3 is 15.5 Å². The number of benzene rings is 3. The molecule has 1 saturated carbocycles. The van der Waals surface area contributed by atoms with Gasteiger partial charge in [0, 0.05) is 29.5 Å². The van der Waals surface area contributed by atoms with Crippen molar-refractivity contribution in [2.45, 2.75) is 63.7 Å².